The number of nitrogens with zero attached hydrogens (tertiary/aromatic N) is 2. The third kappa shape index (κ3) is 6.70. The predicted octanol–water partition coefficient (Wildman–Crippen LogP) is 1.23. The Balaban J connectivity index is 0.00000256. The molecule has 0 bridgehead atoms. The van der Waals surface area contributed by atoms with Crippen molar-refractivity contribution in [2.45, 2.75) is 32.8 Å². The van der Waals surface area contributed by atoms with Crippen LogP contribution in [0.1, 0.15) is 27.2 Å². The van der Waals surface area contributed by atoms with E-state index in [-0.39, 0.29) is 29.9 Å². The summed E-state index contributed by atoms with van der Waals surface area (Å²) in [6, 6.07) is 0. The minimum atomic E-state index is -0.404. The number of likely N-dealkylation sites (N-methyl/N-ethyl adjacent to an activating group) is 1. The van der Waals surface area contributed by atoms with Gasteiger partial charge in [0.2, 0.25) is 0 Å². The smallest absolute Gasteiger partial charge is 0.308 e. The Morgan fingerprint density at radius 1 is 1.53 bits per heavy atom. The van der Waals surface area contributed by atoms with Crippen LogP contribution in [0.3, 0.4) is 0 Å². The van der Waals surface area contributed by atoms with Gasteiger partial charge in [-0.25, -0.2) is 0 Å². The lowest BCUT2D eigenvalue weighted by Gasteiger charge is -2.20. The summed E-state index contributed by atoms with van der Waals surface area (Å²) in [6.07, 6.45) is 0.365. The minimum absolute atomic E-state index is 0. The molecule has 0 aromatic heterocycles. The van der Waals surface area contributed by atoms with Crippen molar-refractivity contribution in [2.75, 3.05) is 26.7 Å². The van der Waals surface area contributed by atoms with E-state index in [1.165, 1.54) is 0 Å². The van der Waals surface area contributed by atoms with E-state index in [0.29, 0.717) is 13.0 Å². The highest BCUT2D eigenvalue weighted by molar-refractivity contribution is 14.0. The molecule has 0 radical (unpaired) electrons. The highest BCUT2D eigenvalue weighted by atomic mass is 127. The van der Waals surface area contributed by atoms with Gasteiger partial charge in [-0.3, -0.25) is 9.79 Å². The summed E-state index contributed by atoms with van der Waals surface area (Å²) < 4.78 is 5.20. The highest BCUT2D eigenvalue weighted by Crippen LogP contribution is 2.07. The van der Waals surface area contributed by atoms with Crippen LogP contribution in [0.2, 0.25) is 0 Å². The van der Waals surface area contributed by atoms with Gasteiger partial charge in [0.05, 0.1) is 13.0 Å². The number of halogens is 1. The first-order valence-corrected chi connectivity index (χ1v) is 5.60. The monoisotopic (exact) mass is 355 g/mol. The molecule has 0 aromatic carbocycles. The van der Waals surface area contributed by atoms with Crippen molar-refractivity contribution in [1.82, 2.24) is 10.2 Å². The molecule has 0 atom stereocenters. The quantitative estimate of drug-likeness (QED) is 0.611. The largest absolute Gasteiger partial charge is 0.460 e. The van der Waals surface area contributed by atoms with E-state index in [4.69, 9.17) is 4.74 Å². The standard InChI is InChI=1S/C11H21N3O2.HI/c1-11(2,3)16-9(15)5-6-12-10-13-7-8-14(10)4;/h5-8H2,1-4H3,(H,12,13);1H. The number of carbonyl (C=O) groups is 1. The van der Waals surface area contributed by atoms with E-state index in [1.54, 1.807) is 0 Å². The van der Waals surface area contributed by atoms with Crippen molar-refractivity contribution in [3.8, 4) is 0 Å². The minimum Gasteiger partial charge on any atom is -0.460 e. The van der Waals surface area contributed by atoms with Crippen LogP contribution in [0.5, 0.6) is 0 Å². The Bertz CT molecular complexity index is 287. The van der Waals surface area contributed by atoms with E-state index < -0.39 is 5.60 Å². The summed E-state index contributed by atoms with van der Waals surface area (Å²) in [5, 5.41) is 3.12. The van der Waals surface area contributed by atoms with Crippen LogP contribution in [0, 0.1) is 0 Å². The van der Waals surface area contributed by atoms with E-state index in [0.717, 1.165) is 19.0 Å². The fourth-order valence-corrected chi connectivity index (χ4v) is 1.39. The molecule has 0 fully saturated rings. The number of guanidine groups is 1. The Labute approximate surface area is 120 Å². The average Bonchev–Trinajstić information content (AvgIpc) is 2.48. The van der Waals surface area contributed by atoms with Crippen molar-refractivity contribution >= 4 is 35.9 Å². The Morgan fingerprint density at radius 2 is 2.18 bits per heavy atom. The molecular formula is C11H22IN3O2. The highest BCUT2D eigenvalue weighted by Gasteiger charge is 2.16. The zero-order valence-electron chi connectivity index (χ0n) is 10.9. The van der Waals surface area contributed by atoms with Crippen molar-refractivity contribution < 1.29 is 9.53 Å². The Hall–Kier alpha value is -0.530. The number of nitrogens with one attached hydrogen (secondary N) is 1. The van der Waals surface area contributed by atoms with E-state index in [2.05, 4.69) is 10.3 Å². The lowest BCUT2D eigenvalue weighted by molar-refractivity contribution is -0.154. The molecule has 1 heterocycles. The maximum atomic E-state index is 11.4. The Kier molecular flexibility index (Phi) is 6.81. The molecular weight excluding hydrogens is 333 g/mol. The van der Waals surface area contributed by atoms with E-state index in [1.807, 2.05) is 32.7 Å². The van der Waals surface area contributed by atoms with Crippen LogP contribution in [-0.4, -0.2) is 49.1 Å². The van der Waals surface area contributed by atoms with Gasteiger partial charge in [-0.05, 0) is 20.8 Å². The second-order valence-corrected chi connectivity index (χ2v) is 4.89. The van der Waals surface area contributed by atoms with Crippen molar-refractivity contribution in [2.24, 2.45) is 4.99 Å². The molecule has 0 saturated carbocycles. The second kappa shape index (κ2) is 7.03. The molecule has 5 nitrogen and oxygen atoms in total. The summed E-state index contributed by atoms with van der Waals surface area (Å²) in [4.78, 5) is 17.7. The first-order valence-electron chi connectivity index (χ1n) is 5.60. The number of ether oxygens (including phenoxy) is 1. The fourth-order valence-electron chi connectivity index (χ4n) is 1.39. The number of rotatable bonds is 3. The molecule has 6 heteroatoms. The molecule has 100 valence electrons. The number of aliphatic imine (C=N–C) groups is 1. The summed E-state index contributed by atoms with van der Waals surface area (Å²) in [6.45, 7) is 7.94. The SMILES string of the molecule is CN1CCN=C1NCCC(=O)OC(C)(C)C.I. The summed E-state index contributed by atoms with van der Waals surface area (Å²) in [7, 11) is 1.98. The van der Waals surface area contributed by atoms with Crippen molar-refractivity contribution in [3.63, 3.8) is 0 Å². The second-order valence-electron chi connectivity index (χ2n) is 4.89. The van der Waals surface area contributed by atoms with Gasteiger partial charge < -0.3 is 15.0 Å². The third-order valence-corrected chi connectivity index (χ3v) is 2.09. The van der Waals surface area contributed by atoms with Gasteiger partial charge in [-0.1, -0.05) is 0 Å². The maximum absolute atomic E-state index is 11.4. The predicted molar refractivity (Wildman–Crippen MR) is 78.8 cm³/mol. The van der Waals surface area contributed by atoms with Crippen molar-refractivity contribution in [1.29, 1.82) is 0 Å². The molecule has 1 rings (SSSR count). The van der Waals surface area contributed by atoms with E-state index >= 15 is 0 Å². The Morgan fingerprint density at radius 3 is 2.65 bits per heavy atom. The molecule has 0 amide bonds. The van der Waals surface area contributed by atoms with Crippen LogP contribution in [0.25, 0.3) is 0 Å². The fraction of sp³-hybridized carbons (Fsp3) is 0.818. The molecule has 0 aliphatic carbocycles. The number of hydrogen-bond donors (Lipinski definition) is 1. The van der Waals surface area contributed by atoms with Crippen molar-refractivity contribution in [3.05, 3.63) is 0 Å². The van der Waals surface area contributed by atoms with E-state index in [9.17, 15) is 4.79 Å². The average molecular weight is 355 g/mol. The normalized spacial score (nSPS) is 15.1. The molecule has 1 aliphatic heterocycles. The van der Waals surface area contributed by atoms with Crippen LogP contribution in [-0.2, 0) is 9.53 Å². The molecule has 0 unspecified atom stereocenters. The van der Waals surface area contributed by atoms with Crippen LogP contribution < -0.4 is 5.32 Å². The van der Waals surface area contributed by atoms with Gasteiger partial charge in [0, 0.05) is 20.1 Å². The lowest BCUT2D eigenvalue weighted by Crippen LogP contribution is -2.37. The van der Waals surface area contributed by atoms with Crippen LogP contribution >= 0.6 is 24.0 Å². The van der Waals surface area contributed by atoms with Crippen LogP contribution in [0.15, 0.2) is 4.99 Å². The zero-order valence-corrected chi connectivity index (χ0v) is 13.3. The number of carbonyl (C=O) groups excluding carboxylic acids is 1. The molecule has 17 heavy (non-hydrogen) atoms. The molecule has 0 saturated heterocycles. The van der Waals surface area contributed by atoms with Crippen LogP contribution in [0.4, 0.5) is 0 Å². The topological polar surface area (TPSA) is 53.9 Å². The summed E-state index contributed by atoms with van der Waals surface area (Å²) in [5.74, 6) is 0.685. The molecule has 0 aromatic rings. The summed E-state index contributed by atoms with van der Waals surface area (Å²) in [5.41, 5.74) is -0.404. The molecule has 1 aliphatic rings. The number of hydrogen-bond acceptors (Lipinski definition) is 5. The first kappa shape index (κ1) is 16.5. The molecule has 0 spiro atoms. The lowest BCUT2D eigenvalue weighted by atomic mass is 10.2. The molecule has 1 N–H and O–H groups in total. The number of esters is 1. The van der Waals surface area contributed by atoms with Gasteiger partial charge in [-0.15, -0.1) is 24.0 Å². The maximum Gasteiger partial charge on any atom is 0.308 e. The van der Waals surface area contributed by atoms with Gasteiger partial charge in [0.15, 0.2) is 5.96 Å². The van der Waals surface area contributed by atoms with Gasteiger partial charge in [0.25, 0.3) is 0 Å². The third-order valence-electron chi connectivity index (χ3n) is 2.09. The van der Waals surface area contributed by atoms with Gasteiger partial charge in [-0.2, -0.15) is 0 Å². The van der Waals surface area contributed by atoms with Gasteiger partial charge >= 0.3 is 5.97 Å². The van der Waals surface area contributed by atoms with Gasteiger partial charge in [0.1, 0.15) is 5.60 Å². The first-order chi connectivity index (χ1) is 7.38. The zero-order chi connectivity index (χ0) is 12.2. The summed E-state index contributed by atoms with van der Waals surface area (Å²) >= 11 is 0.